The second-order valence-electron chi connectivity index (χ2n) is 12.7. The van der Waals surface area contributed by atoms with Crippen molar-refractivity contribution >= 4 is 31.2 Å². The highest BCUT2D eigenvalue weighted by Gasteiger charge is 2.41. The van der Waals surface area contributed by atoms with E-state index < -0.39 is 31.7 Å². The molecule has 0 bridgehead atoms. The summed E-state index contributed by atoms with van der Waals surface area (Å²) in [5, 5.41) is 10.8. The number of ether oxygens (including phenoxy) is 3. The van der Waals surface area contributed by atoms with Crippen molar-refractivity contribution in [1.29, 1.82) is 0 Å². The number of benzene rings is 1. The number of carbonyl (C=O) groups excluding carboxylic acids is 1. The van der Waals surface area contributed by atoms with Crippen LogP contribution < -0.4 is 4.74 Å². The van der Waals surface area contributed by atoms with Crippen LogP contribution in [0.1, 0.15) is 37.8 Å². The Hall–Kier alpha value is -3.37. The predicted octanol–water partition coefficient (Wildman–Crippen LogP) is 6.48. The minimum absolute atomic E-state index is 0.111. The Labute approximate surface area is 237 Å². The largest absolute Gasteiger partial charge is 0.481 e. The smallest absolute Gasteiger partial charge is 0.410 e. The molecule has 1 saturated heterocycles. The summed E-state index contributed by atoms with van der Waals surface area (Å²) < 4.78 is 19.7. The minimum atomic E-state index is -1.16. The van der Waals surface area contributed by atoms with Crippen LogP contribution in [0.4, 0.5) is 4.79 Å². The minimum Gasteiger partial charge on any atom is -0.481 e. The summed E-state index contributed by atoms with van der Waals surface area (Å²) in [6, 6.07) is 10.4. The van der Waals surface area contributed by atoms with E-state index in [9.17, 15) is 14.7 Å². The number of carboxylic acids is 1. The number of carbonyl (C=O) groups is 2. The van der Waals surface area contributed by atoms with Crippen LogP contribution in [0.2, 0.25) is 25.7 Å². The molecule has 1 aliphatic heterocycles. The van der Waals surface area contributed by atoms with Gasteiger partial charge < -0.3 is 28.8 Å². The Morgan fingerprint density at radius 3 is 2.42 bits per heavy atom. The van der Waals surface area contributed by atoms with Gasteiger partial charge in [0, 0.05) is 46.1 Å². The third kappa shape index (κ3) is 7.22. The maximum absolute atomic E-state index is 12.6. The van der Waals surface area contributed by atoms with Gasteiger partial charge in [-0.05, 0) is 63.1 Å². The SMILES string of the molecule is Cc1cn(COCC[Si](C)(C)C)c2nccc(Oc3ccc(C4CN(C(=O)OC(C)(C)C)C[C@@H]4C(=O)O)cc3)c12. The van der Waals surface area contributed by atoms with Gasteiger partial charge in [0.1, 0.15) is 29.5 Å². The van der Waals surface area contributed by atoms with Crippen LogP contribution in [0.3, 0.4) is 0 Å². The molecule has 216 valence electrons. The molecule has 0 saturated carbocycles. The second-order valence-corrected chi connectivity index (χ2v) is 18.4. The van der Waals surface area contributed by atoms with E-state index in [1.54, 1.807) is 27.0 Å². The highest BCUT2D eigenvalue weighted by atomic mass is 28.3. The summed E-state index contributed by atoms with van der Waals surface area (Å²) in [7, 11) is -1.16. The summed E-state index contributed by atoms with van der Waals surface area (Å²) in [5.41, 5.74) is 2.03. The van der Waals surface area contributed by atoms with Crippen LogP contribution in [0.5, 0.6) is 11.5 Å². The lowest BCUT2D eigenvalue weighted by molar-refractivity contribution is -0.141. The molecule has 1 aliphatic rings. The highest BCUT2D eigenvalue weighted by molar-refractivity contribution is 6.76. The van der Waals surface area contributed by atoms with E-state index in [4.69, 9.17) is 14.2 Å². The number of fused-ring (bicyclic) bond motifs is 1. The highest BCUT2D eigenvalue weighted by Crippen LogP contribution is 2.36. The molecule has 0 spiro atoms. The van der Waals surface area contributed by atoms with Crippen LogP contribution in [0, 0.1) is 12.8 Å². The Bertz CT molecular complexity index is 1360. The zero-order valence-corrected chi connectivity index (χ0v) is 25.6. The molecule has 2 aromatic heterocycles. The molecule has 1 unspecified atom stereocenters. The first kappa shape index (κ1) is 29.6. The van der Waals surface area contributed by atoms with Crippen molar-refractivity contribution in [2.75, 3.05) is 19.7 Å². The topological polar surface area (TPSA) is 103 Å². The summed E-state index contributed by atoms with van der Waals surface area (Å²) >= 11 is 0. The third-order valence-electron chi connectivity index (χ3n) is 6.96. The van der Waals surface area contributed by atoms with Crippen molar-refractivity contribution in [3.63, 3.8) is 0 Å². The van der Waals surface area contributed by atoms with E-state index in [-0.39, 0.29) is 19.0 Å². The van der Waals surface area contributed by atoms with Gasteiger partial charge in [0.15, 0.2) is 0 Å². The average Bonchev–Trinajstić information content (AvgIpc) is 3.44. The zero-order valence-electron chi connectivity index (χ0n) is 24.6. The summed E-state index contributed by atoms with van der Waals surface area (Å²) in [6.07, 6.45) is 3.27. The normalized spacial score (nSPS) is 17.8. The number of aryl methyl sites for hydroxylation is 1. The van der Waals surface area contributed by atoms with Crippen LogP contribution in [-0.2, 0) is 21.0 Å². The molecule has 10 heteroatoms. The lowest BCUT2D eigenvalue weighted by Crippen LogP contribution is -2.35. The van der Waals surface area contributed by atoms with E-state index in [0.717, 1.165) is 34.8 Å². The van der Waals surface area contributed by atoms with Gasteiger partial charge in [-0.3, -0.25) is 4.79 Å². The molecule has 1 fully saturated rings. The molecule has 3 heterocycles. The number of carboxylic acid groups (broad SMARTS) is 1. The molecule has 40 heavy (non-hydrogen) atoms. The van der Waals surface area contributed by atoms with Gasteiger partial charge >= 0.3 is 12.1 Å². The fraction of sp³-hybridized carbons (Fsp3) is 0.500. The molecule has 1 N–H and O–H groups in total. The van der Waals surface area contributed by atoms with Crippen LogP contribution in [-0.4, -0.2) is 65.0 Å². The number of aromatic nitrogens is 2. The van der Waals surface area contributed by atoms with Crippen molar-refractivity contribution < 1.29 is 28.9 Å². The van der Waals surface area contributed by atoms with E-state index >= 15 is 0 Å². The van der Waals surface area contributed by atoms with Crippen molar-refractivity contribution in [1.82, 2.24) is 14.5 Å². The molecule has 0 aliphatic carbocycles. The van der Waals surface area contributed by atoms with Gasteiger partial charge in [-0.15, -0.1) is 0 Å². The zero-order chi connectivity index (χ0) is 29.2. The number of likely N-dealkylation sites (tertiary alicyclic amines) is 1. The summed E-state index contributed by atoms with van der Waals surface area (Å²) in [6.45, 7) is 16.0. The quantitative estimate of drug-likeness (QED) is 0.233. The van der Waals surface area contributed by atoms with Crippen molar-refractivity contribution in [3.05, 3.63) is 53.9 Å². The Morgan fingerprint density at radius 2 is 1.80 bits per heavy atom. The predicted molar refractivity (Wildman–Crippen MR) is 157 cm³/mol. The summed E-state index contributed by atoms with van der Waals surface area (Å²) in [5.74, 6) is -0.668. The fourth-order valence-electron chi connectivity index (χ4n) is 4.88. The number of amides is 1. The number of hydrogen-bond donors (Lipinski definition) is 1. The van der Waals surface area contributed by atoms with Gasteiger partial charge in [-0.25, -0.2) is 9.78 Å². The molecule has 1 amide bonds. The molecular weight excluding hydrogens is 526 g/mol. The van der Waals surface area contributed by atoms with Crippen LogP contribution >= 0.6 is 0 Å². The van der Waals surface area contributed by atoms with E-state index in [1.807, 2.05) is 48.0 Å². The summed E-state index contributed by atoms with van der Waals surface area (Å²) in [4.78, 5) is 30.7. The molecule has 9 nitrogen and oxygen atoms in total. The van der Waals surface area contributed by atoms with Gasteiger partial charge in [0.05, 0.1) is 11.3 Å². The molecule has 2 atom stereocenters. The standard InChI is InChI=1S/C30H41N3O6Si/c1-20-16-33(19-37-14-15-40(5,6)7)27-26(20)25(12-13-31-27)38-22-10-8-21(9-11-22)23-17-32(18-24(23)28(34)35)29(36)39-30(2,3)4/h8-13,16,23-24H,14-15,17-19H2,1-7H3,(H,34,35)/t23?,24-/m0/s1. The van der Waals surface area contributed by atoms with Gasteiger partial charge in [-0.2, -0.15) is 0 Å². The third-order valence-corrected chi connectivity index (χ3v) is 8.66. The molecule has 1 aromatic carbocycles. The first-order valence-corrected chi connectivity index (χ1v) is 17.4. The average molecular weight is 568 g/mol. The number of nitrogens with zero attached hydrogens (tertiary/aromatic N) is 3. The van der Waals surface area contributed by atoms with Crippen molar-refractivity contribution in [3.8, 4) is 11.5 Å². The second kappa shape index (κ2) is 11.6. The first-order chi connectivity index (χ1) is 18.7. The Kier molecular flexibility index (Phi) is 8.60. The monoisotopic (exact) mass is 567 g/mol. The maximum atomic E-state index is 12.6. The van der Waals surface area contributed by atoms with Gasteiger partial charge in [0.2, 0.25) is 0 Å². The number of rotatable bonds is 9. The number of aliphatic carboxylic acids is 1. The van der Waals surface area contributed by atoms with E-state index in [2.05, 4.69) is 24.6 Å². The maximum Gasteiger partial charge on any atom is 0.410 e. The molecule has 3 aromatic rings. The first-order valence-electron chi connectivity index (χ1n) is 13.7. The van der Waals surface area contributed by atoms with Crippen LogP contribution in [0.15, 0.2) is 42.7 Å². The number of hydrogen-bond acceptors (Lipinski definition) is 6. The van der Waals surface area contributed by atoms with Crippen molar-refractivity contribution in [2.45, 2.75) is 71.6 Å². The Morgan fingerprint density at radius 1 is 1.10 bits per heavy atom. The van der Waals surface area contributed by atoms with Crippen LogP contribution in [0.25, 0.3) is 11.0 Å². The van der Waals surface area contributed by atoms with Crippen molar-refractivity contribution in [2.24, 2.45) is 5.92 Å². The molecule has 0 radical (unpaired) electrons. The Balaban J connectivity index is 1.48. The lowest BCUT2D eigenvalue weighted by atomic mass is 9.89. The molecule has 4 rings (SSSR count). The fourth-order valence-corrected chi connectivity index (χ4v) is 5.64. The van der Waals surface area contributed by atoms with E-state index in [0.29, 0.717) is 18.2 Å². The van der Waals surface area contributed by atoms with E-state index in [1.165, 1.54) is 4.90 Å². The van der Waals surface area contributed by atoms with Gasteiger partial charge in [-0.1, -0.05) is 31.8 Å². The number of pyridine rings is 1. The molecular formula is C30H41N3O6Si. The van der Waals surface area contributed by atoms with Gasteiger partial charge in [0.25, 0.3) is 0 Å². The lowest BCUT2D eigenvalue weighted by Gasteiger charge is -2.24.